The zero-order valence-electron chi connectivity index (χ0n) is 5.97. The molecule has 2 N–H and O–H groups in total. The maximum absolute atomic E-state index is 10.4. The minimum Gasteiger partial charge on any atom is -0.387 e. The van der Waals surface area contributed by atoms with Crippen molar-refractivity contribution in [2.75, 3.05) is 13.2 Å². The normalized spacial score (nSPS) is 8.90. The molecule has 0 aromatic carbocycles. The third-order valence-electron chi connectivity index (χ3n) is 1.05. The quantitative estimate of drug-likeness (QED) is 0.422. The number of hydrogen-bond acceptors (Lipinski definition) is 2. The number of unbranched alkanes of at least 4 members (excludes halogenated alkanes) is 1. The third-order valence-corrected chi connectivity index (χ3v) is 1.05. The fourth-order valence-electron chi connectivity index (χ4n) is 0.530. The summed E-state index contributed by atoms with van der Waals surface area (Å²) in [5.74, 6) is -0.316. The summed E-state index contributed by atoms with van der Waals surface area (Å²) in [5, 5.41) is 10.8. The Hall–Kier alpha value is -0.830. The Bertz CT molecular complexity index is 112. The Labute approximate surface area is 60.7 Å². The van der Waals surface area contributed by atoms with Gasteiger partial charge in [0.25, 0.3) is 0 Å². The summed E-state index contributed by atoms with van der Waals surface area (Å²) in [5.41, 5.74) is 0. The van der Waals surface area contributed by atoms with E-state index in [1.807, 2.05) is 0 Å². The average molecular weight is 143 g/mol. The molecule has 10 heavy (non-hydrogen) atoms. The van der Waals surface area contributed by atoms with Gasteiger partial charge in [0, 0.05) is 6.54 Å². The number of aliphatic hydroxyl groups is 1. The van der Waals surface area contributed by atoms with Crippen LogP contribution >= 0.6 is 0 Å². The summed E-state index contributed by atoms with van der Waals surface area (Å²) in [6, 6.07) is 0. The van der Waals surface area contributed by atoms with Gasteiger partial charge in [-0.25, -0.2) is 0 Å². The van der Waals surface area contributed by atoms with Crippen LogP contribution in [0.1, 0.15) is 12.8 Å². The Morgan fingerprint density at radius 1 is 1.70 bits per heavy atom. The largest absolute Gasteiger partial charge is 0.387 e. The van der Waals surface area contributed by atoms with E-state index in [0.717, 1.165) is 12.8 Å². The number of amides is 1. The van der Waals surface area contributed by atoms with E-state index in [1.165, 1.54) is 0 Å². The maximum Gasteiger partial charge on any atom is 0.245 e. The number of carbonyl (C=O) groups is 1. The second-order valence-corrected chi connectivity index (χ2v) is 1.94. The summed E-state index contributed by atoms with van der Waals surface area (Å²) in [6.07, 6.45) is 3.58. The minimum atomic E-state index is -0.423. The van der Waals surface area contributed by atoms with E-state index in [0.29, 0.717) is 6.54 Å². The summed E-state index contributed by atoms with van der Waals surface area (Å²) in [4.78, 5) is 10.4. The van der Waals surface area contributed by atoms with Gasteiger partial charge in [0.15, 0.2) is 0 Å². The molecular weight excluding hydrogens is 130 g/mol. The SMILES string of the molecule is C=CCCCNC(=O)CO. The predicted octanol–water partition coefficient (Wildman–Crippen LogP) is 0.0611. The molecule has 0 unspecified atom stereocenters. The number of rotatable bonds is 5. The van der Waals surface area contributed by atoms with Gasteiger partial charge < -0.3 is 10.4 Å². The summed E-state index contributed by atoms with van der Waals surface area (Å²) in [7, 11) is 0. The highest BCUT2D eigenvalue weighted by molar-refractivity contribution is 5.76. The highest BCUT2D eigenvalue weighted by atomic mass is 16.3. The molecule has 0 aliphatic rings. The van der Waals surface area contributed by atoms with Crippen molar-refractivity contribution < 1.29 is 9.90 Å². The van der Waals surface area contributed by atoms with Crippen molar-refractivity contribution in [1.82, 2.24) is 5.32 Å². The Morgan fingerprint density at radius 3 is 2.90 bits per heavy atom. The first-order valence-corrected chi connectivity index (χ1v) is 3.29. The molecule has 0 radical (unpaired) electrons. The molecule has 0 saturated carbocycles. The Kier molecular flexibility index (Phi) is 5.77. The van der Waals surface area contributed by atoms with Crippen LogP contribution in [0.5, 0.6) is 0 Å². The second kappa shape index (κ2) is 6.29. The molecule has 3 heteroatoms. The highest BCUT2D eigenvalue weighted by Gasteiger charge is 1.93. The highest BCUT2D eigenvalue weighted by Crippen LogP contribution is 1.85. The van der Waals surface area contributed by atoms with Crippen LogP contribution in [0.15, 0.2) is 12.7 Å². The van der Waals surface area contributed by atoms with Gasteiger partial charge in [0.1, 0.15) is 6.61 Å². The molecule has 0 atom stereocenters. The van der Waals surface area contributed by atoms with Crippen LogP contribution in [-0.2, 0) is 4.79 Å². The van der Waals surface area contributed by atoms with E-state index in [-0.39, 0.29) is 5.91 Å². The van der Waals surface area contributed by atoms with Gasteiger partial charge in [-0.1, -0.05) is 6.08 Å². The van der Waals surface area contributed by atoms with Crippen LogP contribution in [0.3, 0.4) is 0 Å². The maximum atomic E-state index is 10.4. The fraction of sp³-hybridized carbons (Fsp3) is 0.571. The lowest BCUT2D eigenvalue weighted by Gasteiger charge is -1.99. The van der Waals surface area contributed by atoms with Gasteiger partial charge >= 0.3 is 0 Å². The molecule has 58 valence electrons. The molecule has 0 bridgehead atoms. The van der Waals surface area contributed by atoms with Crippen LogP contribution in [0.25, 0.3) is 0 Å². The number of carbonyl (C=O) groups excluding carboxylic acids is 1. The van der Waals surface area contributed by atoms with E-state index in [9.17, 15) is 4.79 Å². The number of nitrogens with one attached hydrogen (secondary N) is 1. The fourth-order valence-corrected chi connectivity index (χ4v) is 0.530. The molecule has 0 rings (SSSR count). The van der Waals surface area contributed by atoms with Crippen molar-refractivity contribution in [1.29, 1.82) is 0 Å². The van der Waals surface area contributed by atoms with Crippen LogP contribution in [-0.4, -0.2) is 24.2 Å². The van der Waals surface area contributed by atoms with Gasteiger partial charge in [-0.05, 0) is 12.8 Å². The van der Waals surface area contributed by atoms with E-state index in [1.54, 1.807) is 6.08 Å². The van der Waals surface area contributed by atoms with Crippen LogP contribution in [0, 0.1) is 0 Å². The lowest BCUT2D eigenvalue weighted by Crippen LogP contribution is -2.26. The molecule has 0 fully saturated rings. The van der Waals surface area contributed by atoms with Crippen molar-refractivity contribution in [2.45, 2.75) is 12.8 Å². The lowest BCUT2D eigenvalue weighted by atomic mass is 10.3. The number of aliphatic hydroxyl groups excluding tert-OH is 1. The number of hydrogen-bond donors (Lipinski definition) is 2. The van der Waals surface area contributed by atoms with Crippen LogP contribution in [0.4, 0.5) is 0 Å². The first-order valence-electron chi connectivity index (χ1n) is 3.29. The molecule has 0 saturated heterocycles. The summed E-state index contributed by atoms with van der Waals surface area (Å²) in [6.45, 7) is 3.73. The molecule has 0 aromatic rings. The van der Waals surface area contributed by atoms with Crippen LogP contribution in [0.2, 0.25) is 0 Å². The van der Waals surface area contributed by atoms with Crippen molar-refractivity contribution >= 4 is 5.91 Å². The summed E-state index contributed by atoms with van der Waals surface area (Å²) >= 11 is 0. The van der Waals surface area contributed by atoms with Gasteiger partial charge in [0.05, 0.1) is 0 Å². The lowest BCUT2D eigenvalue weighted by molar-refractivity contribution is -0.123. The Balaban J connectivity index is 3.03. The second-order valence-electron chi connectivity index (χ2n) is 1.94. The van der Waals surface area contributed by atoms with E-state index in [2.05, 4.69) is 11.9 Å². The standard InChI is InChI=1S/C7H13NO2/c1-2-3-4-5-8-7(10)6-9/h2,9H,1,3-6H2,(H,8,10). The minimum absolute atomic E-state index is 0.316. The van der Waals surface area contributed by atoms with Gasteiger partial charge in [0.2, 0.25) is 5.91 Å². The van der Waals surface area contributed by atoms with E-state index < -0.39 is 6.61 Å². The van der Waals surface area contributed by atoms with Gasteiger partial charge in [-0.3, -0.25) is 4.79 Å². The molecule has 1 amide bonds. The van der Waals surface area contributed by atoms with E-state index in [4.69, 9.17) is 5.11 Å². The molecule has 0 spiro atoms. The predicted molar refractivity (Wildman–Crippen MR) is 39.5 cm³/mol. The Morgan fingerprint density at radius 2 is 2.40 bits per heavy atom. The monoisotopic (exact) mass is 143 g/mol. The van der Waals surface area contributed by atoms with Crippen molar-refractivity contribution in [3.63, 3.8) is 0 Å². The molecule has 0 heterocycles. The van der Waals surface area contributed by atoms with Gasteiger partial charge in [-0.15, -0.1) is 6.58 Å². The molecule has 0 aliphatic carbocycles. The first-order chi connectivity index (χ1) is 4.81. The smallest absolute Gasteiger partial charge is 0.245 e. The van der Waals surface area contributed by atoms with Crippen molar-refractivity contribution in [3.8, 4) is 0 Å². The van der Waals surface area contributed by atoms with Crippen molar-refractivity contribution in [2.24, 2.45) is 0 Å². The topological polar surface area (TPSA) is 49.3 Å². The molecule has 0 aromatic heterocycles. The van der Waals surface area contributed by atoms with Gasteiger partial charge in [-0.2, -0.15) is 0 Å². The van der Waals surface area contributed by atoms with E-state index >= 15 is 0 Å². The van der Waals surface area contributed by atoms with Crippen molar-refractivity contribution in [3.05, 3.63) is 12.7 Å². The zero-order chi connectivity index (χ0) is 7.82. The van der Waals surface area contributed by atoms with Crippen LogP contribution < -0.4 is 5.32 Å². The number of allylic oxidation sites excluding steroid dienone is 1. The molecule has 3 nitrogen and oxygen atoms in total. The average Bonchev–Trinajstić information content (AvgIpc) is 1.98. The molecular formula is C7H13NO2. The molecule has 0 aliphatic heterocycles. The first kappa shape index (κ1) is 9.17. The third kappa shape index (κ3) is 5.31. The zero-order valence-corrected chi connectivity index (χ0v) is 5.97. The summed E-state index contributed by atoms with van der Waals surface area (Å²) < 4.78 is 0.